The number of anilines is 1. The molecule has 0 aliphatic rings. The molecule has 0 atom stereocenters. The predicted molar refractivity (Wildman–Crippen MR) is 110 cm³/mol. The van der Waals surface area contributed by atoms with E-state index in [4.69, 9.17) is 0 Å². The Hall–Kier alpha value is -2.18. The number of carbonyl (C=O) groups is 1. The van der Waals surface area contributed by atoms with Crippen molar-refractivity contribution in [3.05, 3.63) is 65.2 Å². The van der Waals surface area contributed by atoms with Crippen molar-refractivity contribution < 1.29 is 13.2 Å². The smallest absolute Gasteiger partial charge is 0.228 e. The fourth-order valence-corrected chi connectivity index (χ4v) is 3.79. The highest BCUT2D eigenvalue weighted by Crippen LogP contribution is 2.18. The fourth-order valence-electron chi connectivity index (χ4n) is 2.99. The first-order valence-electron chi connectivity index (χ1n) is 9.09. The normalized spacial score (nSPS) is 11.6. The molecule has 27 heavy (non-hydrogen) atoms. The lowest BCUT2D eigenvalue weighted by atomic mass is 10.1. The van der Waals surface area contributed by atoms with Gasteiger partial charge in [0.1, 0.15) is 0 Å². The summed E-state index contributed by atoms with van der Waals surface area (Å²) >= 11 is 0. The Morgan fingerprint density at radius 3 is 2.33 bits per heavy atom. The van der Waals surface area contributed by atoms with Gasteiger partial charge in [-0.2, -0.15) is 4.31 Å². The lowest BCUT2D eigenvalue weighted by molar-refractivity contribution is -0.118. The van der Waals surface area contributed by atoms with Gasteiger partial charge in [0.25, 0.3) is 0 Å². The molecule has 0 radical (unpaired) electrons. The van der Waals surface area contributed by atoms with E-state index in [0.717, 1.165) is 22.4 Å². The van der Waals surface area contributed by atoms with Crippen LogP contribution in [0.3, 0.4) is 0 Å². The zero-order valence-corrected chi connectivity index (χ0v) is 17.3. The molecule has 0 spiro atoms. The molecule has 5 nitrogen and oxygen atoms in total. The summed E-state index contributed by atoms with van der Waals surface area (Å²) in [5.41, 5.74) is 3.90. The van der Waals surface area contributed by atoms with E-state index in [1.54, 1.807) is 4.90 Å². The molecule has 146 valence electrons. The van der Waals surface area contributed by atoms with Crippen molar-refractivity contribution in [1.29, 1.82) is 0 Å². The van der Waals surface area contributed by atoms with Gasteiger partial charge in [-0.3, -0.25) is 4.79 Å². The molecule has 2 aromatic carbocycles. The van der Waals surface area contributed by atoms with Gasteiger partial charge in [-0.05, 0) is 49.6 Å². The Morgan fingerprint density at radius 2 is 1.74 bits per heavy atom. The van der Waals surface area contributed by atoms with Crippen LogP contribution >= 0.6 is 0 Å². The minimum Gasteiger partial charge on any atom is -0.313 e. The minimum absolute atomic E-state index is 0.0819. The van der Waals surface area contributed by atoms with Gasteiger partial charge in [-0.25, -0.2) is 8.42 Å². The van der Waals surface area contributed by atoms with E-state index in [9.17, 15) is 13.2 Å². The molecule has 0 aromatic heterocycles. The summed E-state index contributed by atoms with van der Waals surface area (Å²) in [6.07, 6.45) is 1.33. The van der Waals surface area contributed by atoms with Crippen LogP contribution in [-0.4, -0.2) is 38.0 Å². The van der Waals surface area contributed by atoms with Crippen molar-refractivity contribution in [2.24, 2.45) is 0 Å². The van der Waals surface area contributed by atoms with E-state index in [0.29, 0.717) is 6.54 Å². The Kier molecular flexibility index (Phi) is 7.16. The number of nitrogens with zero attached hydrogens (tertiary/aromatic N) is 2. The number of sulfonamides is 1. The van der Waals surface area contributed by atoms with Gasteiger partial charge >= 0.3 is 0 Å². The zero-order valence-electron chi connectivity index (χ0n) is 16.5. The number of hydrogen-bond acceptors (Lipinski definition) is 3. The first-order chi connectivity index (χ1) is 12.7. The van der Waals surface area contributed by atoms with Gasteiger partial charge in [-0.1, -0.05) is 36.4 Å². The monoisotopic (exact) mass is 388 g/mol. The van der Waals surface area contributed by atoms with Crippen LogP contribution in [0.5, 0.6) is 0 Å². The van der Waals surface area contributed by atoms with Crippen LogP contribution in [-0.2, 0) is 21.4 Å². The van der Waals surface area contributed by atoms with E-state index in [-0.39, 0.29) is 25.4 Å². The maximum Gasteiger partial charge on any atom is 0.228 e. The molecule has 1 amide bonds. The van der Waals surface area contributed by atoms with Crippen molar-refractivity contribution in [3.8, 4) is 0 Å². The largest absolute Gasteiger partial charge is 0.313 e. The summed E-state index contributed by atoms with van der Waals surface area (Å²) in [5.74, 6) is -0.0819. The lowest BCUT2D eigenvalue weighted by Crippen LogP contribution is -2.36. The SMILES string of the molecule is CCN(C(=O)CCN(Cc1ccccc1C)S(C)(=O)=O)c1cccc(C)c1. The van der Waals surface area contributed by atoms with Gasteiger partial charge in [0.15, 0.2) is 0 Å². The maximum absolute atomic E-state index is 12.7. The topological polar surface area (TPSA) is 57.7 Å². The van der Waals surface area contributed by atoms with E-state index in [2.05, 4.69) is 0 Å². The average molecular weight is 389 g/mol. The van der Waals surface area contributed by atoms with Gasteiger partial charge in [-0.15, -0.1) is 0 Å². The molecule has 0 N–H and O–H groups in total. The number of carbonyl (C=O) groups excluding carboxylic acids is 1. The van der Waals surface area contributed by atoms with Crippen LogP contribution in [0, 0.1) is 13.8 Å². The zero-order chi connectivity index (χ0) is 20.0. The lowest BCUT2D eigenvalue weighted by Gasteiger charge is -2.24. The summed E-state index contributed by atoms with van der Waals surface area (Å²) < 4.78 is 25.8. The van der Waals surface area contributed by atoms with Crippen molar-refractivity contribution in [2.45, 2.75) is 33.7 Å². The molecule has 0 unspecified atom stereocenters. The molecule has 0 aliphatic carbocycles. The maximum atomic E-state index is 12.7. The highest BCUT2D eigenvalue weighted by Gasteiger charge is 2.21. The van der Waals surface area contributed by atoms with E-state index in [1.807, 2.05) is 69.3 Å². The molecule has 0 bridgehead atoms. The fraction of sp³-hybridized carbons (Fsp3) is 0.381. The molecule has 0 saturated heterocycles. The van der Waals surface area contributed by atoms with Crippen molar-refractivity contribution >= 4 is 21.6 Å². The summed E-state index contributed by atoms with van der Waals surface area (Å²) in [7, 11) is -3.42. The highest BCUT2D eigenvalue weighted by molar-refractivity contribution is 7.88. The molecule has 0 saturated carbocycles. The standard InChI is InChI=1S/C21H28N2O3S/c1-5-23(20-12-8-9-17(2)15-20)21(24)13-14-22(27(4,25)26)16-19-11-7-6-10-18(19)3/h6-12,15H,5,13-14,16H2,1-4H3. The highest BCUT2D eigenvalue weighted by atomic mass is 32.2. The molecule has 0 aliphatic heterocycles. The second-order valence-corrected chi connectivity index (χ2v) is 8.73. The van der Waals surface area contributed by atoms with Crippen LogP contribution in [0.4, 0.5) is 5.69 Å². The number of aryl methyl sites for hydroxylation is 2. The van der Waals surface area contributed by atoms with Crippen LogP contribution in [0.1, 0.15) is 30.0 Å². The summed E-state index contributed by atoms with van der Waals surface area (Å²) in [6.45, 7) is 6.83. The Morgan fingerprint density at radius 1 is 1.04 bits per heavy atom. The first kappa shape index (κ1) is 21.1. The predicted octanol–water partition coefficient (Wildman–Crippen LogP) is 3.51. The summed E-state index contributed by atoms with van der Waals surface area (Å²) in [6, 6.07) is 15.5. The summed E-state index contributed by atoms with van der Waals surface area (Å²) in [5, 5.41) is 0. The molecular formula is C21H28N2O3S. The third kappa shape index (κ3) is 5.91. The van der Waals surface area contributed by atoms with Gasteiger partial charge in [0.05, 0.1) is 6.26 Å². The molecule has 0 fully saturated rings. The number of rotatable bonds is 8. The number of amides is 1. The number of benzene rings is 2. The van der Waals surface area contributed by atoms with Crippen molar-refractivity contribution in [1.82, 2.24) is 4.31 Å². The Bertz CT molecular complexity index is 894. The molecule has 2 aromatic rings. The summed E-state index contributed by atoms with van der Waals surface area (Å²) in [4.78, 5) is 14.4. The van der Waals surface area contributed by atoms with Gasteiger partial charge in [0, 0.05) is 31.7 Å². The van der Waals surface area contributed by atoms with Crippen LogP contribution < -0.4 is 4.90 Å². The Balaban J connectivity index is 2.12. The van der Waals surface area contributed by atoms with Crippen molar-refractivity contribution in [2.75, 3.05) is 24.2 Å². The second kappa shape index (κ2) is 9.15. The first-order valence-corrected chi connectivity index (χ1v) is 10.9. The van der Waals surface area contributed by atoms with Crippen LogP contribution in [0.15, 0.2) is 48.5 Å². The van der Waals surface area contributed by atoms with Gasteiger partial charge < -0.3 is 4.90 Å². The third-order valence-electron chi connectivity index (χ3n) is 4.58. The molecule has 0 heterocycles. The van der Waals surface area contributed by atoms with E-state index in [1.165, 1.54) is 10.6 Å². The minimum atomic E-state index is -3.42. The van der Waals surface area contributed by atoms with E-state index < -0.39 is 10.0 Å². The molecule has 6 heteroatoms. The van der Waals surface area contributed by atoms with Gasteiger partial charge in [0.2, 0.25) is 15.9 Å². The Labute approximate surface area is 162 Å². The quantitative estimate of drug-likeness (QED) is 0.695. The van der Waals surface area contributed by atoms with Crippen LogP contribution in [0.2, 0.25) is 0 Å². The van der Waals surface area contributed by atoms with Crippen LogP contribution in [0.25, 0.3) is 0 Å². The second-order valence-electron chi connectivity index (χ2n) is 6.75. The van der Waals surface area contributed by atoms with E-state index >= 15 is 0 Å². The van der Waals surface area contributed by atoms with Crippen molar-refractivity contribution in [3.63, 3.8) is 0 Å². The molecule has 2 rings (SSSR count). The third-order valence-corrected chi connectivity index (χ3v) is 5.83. The molecular weight excluding hydrogens is 360 g/mol. The number of hydrogen-bond donors (Lipinski definition) is 0. The average Bonchev–Trinajstić information content (AvgIpc) is 2.59.